The minimum atomic E-state index is 0.222. The lowest BCUT2D eigenvalue weighted by Crippen LogP contribution is -2.30. The third kappa shape index (κ3) is 5.00. The molecule has 1 aromatic heterocycles. The van der Waals surface area contributed by atoms with Crippen LogP contribution in [0.4, 0.5) is 5.69 Å². The number of allylic oxidation sites excluding steroid dienone is 6. The molecular formula is C42H31BrN2. The number of aromatic nitrogens is 1. The van der Waals surface area contributed by atoms with Crippen molar-refractivity contribution >= 4 is 54.6 Å². The van der Waals surface area contributed by atoms with Gasteiger partial charge < -0.3 is 9.47 Å². The van der Waals surface area contributed by atoms with E-state index in [0.29, 0.717) is 0 Å². The Morgan fingerprint density at radius 2 is 1.44 bits per heavy atom. The number of rotatable bonds is 4. The van der Waals surface area contributed by atoms with Gasteiger partial charge in [0.2, 0.25) is 0 Å². The highest BCUT2D eigenvalue weighted by Crippen LogP contribution is 2.38. The van der Waals surface area contributed by atoms with E-state index in [0.717, 1.165) is 44.4 Å². The number of halogens is 1. The second kappa shape index (κ2) is 11.4. The Labute approximate surface area is 272 Å². The molecule has 0 N–H and O–H groups in total. The monoisotopic (exact) mass is 642 g/mol. The minimum absolute atomic E-state index is 0.222. The predicted molar refractivity (Wildman–Crippen MR) is 196 cm³/mol. The summed E-state index contributed by atoms with van der Waals surface area (Å²) < 4.78 is 3.42. The molecule has 0 saturated heterocycles. The number of hydrogen-bond acceptors (Lipinski definition) is 1. The van der Waals surface area contributed by atoms with Gasteiger partial charge in [-0.15, -0.1) is 0 Å². The van der Waals surface area contributed by atoms with E-state index in [9.17, 15) is 0 Å². The van der Waals surface area contributed by atoms with Crippen LogP contribution >= 0.6 is 15.9 Å². The van der Waals surface area contributed by atoms with E-state index < -0.39 is 0 Å². The Bertz CT molecular complexity index is 2230. The average Bonchev–Trinajstić information content (AvgIpc) is 3.42. The molecule has 8 rings (SSSR count). The molecule has 1 aliphatic carbocycles. The maximum atomic E-state index is 4.44. The van der Waals surface area contributed by atoms with Gasteiger partial charge in [-0.25, -0.2) is 0 Å². The number of benzene rings is 5. The third-order valence-electron chi connectivity index (χ3n) is 8.84. The van der Waals surface area contributed by atoms with Gasteiger partial charge in [-0.05, 0) is 82.8 Å². The molecule has 5 aromatic carbocycles. The first kappa shape index (κ1) is 27.4. The van der Waals surface area contributed by atoms with E-state index in [2.05, 4.69) is 190 Å². The van der Waals surface area contributed by atoms with Gasteiger partial charge in [0.05, 0.1) is 17.1 Å². The van der Waals surface area contributed by atoms with Gasteiger partial charge in [0.1, 0.15) is 0 Å². The first-order valence-electron chi connectivity index (χ1n) is 15.3. The lowest BCUT2D eigenvalue weighted by atomic mass is 9.94. The van der Waals surface area contributed by atoms with Gasteiger partial charge in [-0.1, -0.05) is 126 Å². The van der Waals surface area contributed by atoms with E-state index in [1.165, 1.54) is 33.1 Å². The van der Waals surface area contributed by atoms with Crippen LogP contribution in [0.1, 0.15) is 17.5 Å². The fraction of sp³-hybridized carbons (Fsp3) is 0.0476. The number of anilines is 1. The van der Waals surface area contributed by atoms with Gasteiger partial charge >= 0.3 is 0 Å². The van der Waals surface area contributed by atoms with Crippen LogP contribution in [0.5, 0.6) is 0 Å². The van der Waals surface area contributed by atoms with E-state index in [1.807, 2.05) is 0 Å². The van der Waals surface area contributed by atoms with Crippen molar-refractivity contribution in [2.75, 3.05) is 4.90 Å². The lowest BCUT2D eigenvalue weighted by molar-refractivity contribution is 0.779. The molecule has 1 atom stereocenters. The fourth-order valence-corrected chi connectivity index (χ4v) is 7.15. The molecular weight excluding hydrogens is 612 g/mol. The van der Waals surface area contributed by atoms with Crippen molar-refractivity contribution in [3.8, 4) is 16.8 Å². The Morgan fingerprint density at radius 3 is 2.31 bits per heavy atom. The van der Waals surface area contributed by atoms with Crippen molar-refractivity contribution in [3.63, 3.8) is 0 Å². The fourth-order valence-electron chi connectivity index (χ4n) is 6.66. The molecule has 1 unspecified atom stereocenters. The summed E-state index contributed by atoms with van der Waals surface area (Å²) in [7, 11) is 0. The zero-order valence-electron chi connectivity index (χ0n) is 24.8. The van der Waals surface area contributed by atoms with E-state index in [4.69, 9.17) is 0 Å². The molecule has 2 aliphatic rings. The smallest absolute Gasteiger partial charge is 0.0554 e. The van der Waals surface area contributed by atoms with E-state index in [-0.39, 0.29) is 6.04 Å². The Hall–Kier alpha value is -5.12. The molecule has 6 aromatic rings. The molecule has 0 amide bonds. The number of hydrogen-bond donors (Lipinski definition) is 0. The zero-order chi connectivity index (χ0) is 30.3. The molecule has 2 nitrogen and oxygen atoms in total. The average molecular weight is 644 g/mol. The Balaban J connectivity index is 1.28. The number of para-hydroxylation sites is 3. The summed E-state index contributed by atoms with van der Waals surface area (Å²) in [5, 5.41) is 2.51. The van der Waals surface area contributed by atoms with Crippen LogP contribution in [0, 0.1) is 0 Å². The number of fused-ring (bicyclic) bond motifs is 4. The molecule has 0 radical (unpaired) electrons. The van der Waals surface area contributed by atoms with Crippen molar-refractivity contribution < 1.29 is 0 Å². The standard InChI is InChI=1S/C42H31BrN2/c1-29-20-21-31(28-44(35-12-4-2-5-13-35)40-18-10-8-16-37(29)40)33-24-32(25-34(43)26-33)30-22-23-39-38-17-9-11-19-41(38)45(42(39)27-30)36-14-6-3-7-15-36/h2-12,14-28,35H,1,13H2/b21-20-,31-28+. The highest BCUT2D eigenvalue weighted by atomic mass is 79.9. The van der Waals surface area contributed by atoms with Gasteiger partial charge in [-0.3, -0.25) is 0 Å². The zero-order valence-corrected chi connectivity index (χ0v) is 26.4. The third-order valence-corrected chi connectivity index (χ3v) is 9.30. The second-order valence-corrected chi connectivity index (χ2v) is 12.5. The van der Waals surface area contributed by atoms with Crippen molar-refractivity contribution in [2.45, 2.75) is 12.5 Å². The van der Waals surface area contributed by atoms with Crippen LogP contribution in [0.3, 0.4) is 0 Å². The summed E-state index contributed by atoms with van der Waals surface area (Å²) in [5.74, 6) is 0. The summed E-state index contributed by atoms with van der Waals surface area (Å²) in [6, 6.07) is 41.7. The van der Waals surface area contributed by atoms with Crippen molar-refractivity contribution in [1.29, 1.82) is 0 Å². The minimum Gasteiger partial charge on any atom is -0.340 e. The van der Waals surface area contributed by atoms with Crippen molar-refractivity contribution in [3.05, 3.63) is 180 Å². The maximum Gasteiger partial charge on any atom is 0.0554 e. The van der Waals surface area contributed by atoms with Gasteiger partial charge in [0.25, 0.3) is 0 Å². The quantitative estimate of drug-likeness (QED) is 0.186. The first-order chi connectivity index (χ1) is 22.1. The van der Waals surface area contributed by atoms with Crippen molar-refractivity contribution in [1.82, 2.24) is 4.57 Å². The van der Waals surface area contributed by atoms with E-state index >= 15 is 0 Å². The van der Waals surface area contributed by atoms with Crippen LogP contribution in [0.2, 0.25) is 0 Å². The molecule has 0 saturated carbocycles. The Morgan fingerprint density at radius 1 is 0.667 bits per heavy atom. The summed E-state index contributed by atoms with van der Waals surface area (Å²) in [6.07, 6.45) is 16.4. The van der Waals surface area contributed by atoms with E-state index in [1.54, 1.807) is 0 Å². The lowest BCUT2D eigenvalue weighted by Gasteiger charge is -2.32. The predicted octanol–water partition coefficient (Wildman–Crippen LogP) is 11.5. The maximum absolute atomic E-state index is 4.44. The normalized spacial score (nSPS) is 18.0. The van der Waals surface area contributed by atoms with Gasteiger partial charge in [-0.2, -0.15) is 0 Å². The van der Waals surface area contributed by atoms with Crippen LogP contribution in [0.25, 0.3) is 49.8 Å². The van der Waals surface area contributed by atoms with Crippen LogP contribution in [-0.2, 0) is 0 Å². The van der Waals surface area contributed by atoms with Gasteiger partial charge in [0, 0.05) is 38.4 Å². The summed E-state index contributed by atoms with van der Waals surface area (Å²) in [4.78, 5) is 2.41. The molecule has 0 bridgehead atoms. The Kier molecular flexibility index (Phi) is 6.96. The summed E-state index contributed by atoms with van der Waals surface area (Å²) >= 11 is 3.86. The summed E-state index contributed by atoms with van der Waals surface area (Å²) in [5.41, 5.74) is 11.5. The highest BCUT2D eigenvalue weighted by molar-refractivity contribution is 9.10. The largest absolute Gasteiger partial charge is 0.340 e. The second-order valence-electron chi connectivity index (χ2n) is 11.6. The van der Waals surface area contributed by atoms with Crippen LogP contribution < -0.4 is 4.90 Å². The topological polar surface area (TPSA) is 8.17 Å². The van der Waals surface area contributed by atoms with Crippen LogP contribution in [0.15, 0.2) is 169 Å². The molecule has 0 fully saturated rings. The molecule has 216 valence electrons. The number of nitrogens with zero attached hydrogens (tertiary/aromatic N) is 2. The molecule has 45 heavy (non-hydrogen) atoms. The molecule has 1 aliphatic heterocycles. The van der Waals surface area contributed by atoms with Gasteiger partial charge in [0.15, 0.2) is 0 Å². The molecule has 0 spiro atoms. The van der Waals surface area contributed by atoms with Crippen molar-refractivity contribution in [2.24, 2.45) is 0 Å². The summed E-state index contributed by atoms with van der Waals surface area (Å²) in [6.45, 7) is 4.44. The molecule has 3 heteroatoms. The van der Waals surface area contributed by atoms with Crippen LogP contribution in [-0.4, -0.2) is 10.6 Å². The molecule has 2 heterocycles. The SMILES string of the molecule is C=C1/C=C\C(c2cc(Br)cc(-c3ccc4c5ccccc5n(-c5ccccc5)c4c3)c2)=C/N(C2C=CC=CC2)c2ccccc21. The highest BCUT2D eigenvalue weighted by Gasteiger charge is 2.21. The first-order valence-corrected chi connectivity index (χ1v) is 16.1.